The first-order valence-electron chi connectivity index (χ1n) is 6.98. The second kappa shape index (κ2) is 7.32. The molecule has 0 fully saturated rings. The smallest absolute Gasteiger partial charge is 0.0345 e. The van der Waals surface area contributed by atoms with Crippen molar-refractivity contribution in [3.8, 4) is 0 Å². The minimum atomic E-state index is 0.567. The molecular formula is C16H23NS2. The molecule has 0 saturated heterocycles. The molecule has 0 aliphatic rings. The van der Waals surface area contributed by atoms with E-state index in [4.69, 9.17) is 0 Å². The summed E-state index contributed by atoms with van der Waals surface area (Å²) in [6.07, 6.45) is 2.38. The van der Waals surface area contributed by atoms with Crippen LogP contribution in [-0.2, 0) is 6.42 Å². The number of hydrogen-bond donors (Lipinski definition) is 1. The van der Waals surface area contributed by atoms with Crippen LogP contribution in [0.2, 0.25) is 0 Å². The zero-order chi connectivity index (χ0) is 13.7. The summed E-state index contributed by atoms with van der Waals surface area (Å²) in [5, 5.41) is 7.98. The molecule has 2 unspecified atom stereocenters. The van der Waals surface area contributed by atoms with Crippen LogP contribution in [0.15, 0.2) is 29.6 Å². The first-order chi connectivity index (χ1) is 9.24. The Morgan fingerprint density at radius 3 is 2.84 bits per heavy atom. The molecule has 0 bridgehead atoms. The summed E-state index contributed by atoms with van der Waals surface area (Å²) < 4.78 is 1.40. The van der Waals surface area contributed by atoms with Crippen LogP contribution in [0.1, 0.15) is 25.8 Å². The number of thioether (sulfide) groups is 1. The molecule has 0 amide bonds. The molecule has 104 valence electrons. The van der Waals surface area contributed by atoms with Gasteiger partial charge in [-0.1, -0.05) is 32.0 Å². The van der Waals surface area contributed by atoms with Gasteiger partial charge in [0.15, 0.2) is 0 Å². The molecule has 2 aromatic rings. The molecule has 0 aliphatic heterocycles. The zero-order valence-electron chi connectivity index (χ0n) is 12.0. The van der Waals surface area contributed by atoms with Crippen molar-refractivity contribution in [2.24, 2.45) is 0 Å². The van der Waals surface area contributed by atoms with Gasteiger partial charge in [-0.05, 0) is 42.3 Å². The van der Waals surface area contributed by atoms with Crippen LogP contribution in [-0.4, -0.2) is 24.1 Å². The van der Waals surface area contributed by atoms with Crippen LogP contribution < -0.4 is 5.32 Å². The van der Waals surface area contributed by atoms with Gasteiger partial charge in [0.1, 0.15) is 0 Å². The Morgan fingerprint density at radius 1 is 1.32 bits per heavy atom. The Kier molecular flexibility index (Phi) is 5.74. The normalized spacial score (nSPS) is 14.7. The Labute approximate surface area is 124 Å². The van der Waals surface area contributed by atoms with Crippen LogP contribution in [0.3, 0.4) is 0 Å². The highest BCUT2D eigenvalue weighted by Gasteiger charge is 2.12. The molecule has 1 nitrogen and oxygen atoms in total. The molecule has 2 atom stereocenters. The van der Waals surface area contributed by atoms with Gasteiger partial charge in [0.2, 0.25) is 0 Å². The summed E-state index contributed by atoms with van der Waals surface area (Å²) in [5.74, 6) is 1.19. The van der Waals surface area contributed by atoms with Crippen molar-refractivity contribution in [3.63, 3.8) is 0 Å². The third-order valence-corrected chi connectivity index (χ3v) is 6.10. The van der Waals surface area contributed by atoms with Crippen molar-refractivity contribution in [3.05, 3.63) is 35.2 Å². The standard InChI is InChI=1S/C16H23NS2/c1-4-12(2)18-11-14(17-3)9-13-10-19-16-8-6-5-7-15(13)16/h5-8,10,12,14,17H,4,9,11H2,1-3H3. The van der Waals surface area contributed by atoms with E-state index in [9.17, 15) is 0 Å². The third-order valence-electron chi connectivity index (χ3n) is 3.59. The van der Waals surface area contributed by atoms with E-state index in [0.29, 0.717) is 6.04 Å². The number of hydrogen-bond acceptors (Lipinski definition) is 3. The van der Waals surface area contributed by atoms with Crippen molar-refractivity contribution >= 4 is 33.2 Å². The first kappa shape index (κ1) is 14.9. The molecule has 0 radical (unpaired) electrons. The van der Waals surface area contributed by atoms with Crippen LogP contribution in [0, 0.1) is 0 Å². The summed E-state index contributed by atoms with van der Waals surface area (Å²) in [6.45, 7) is 4.58. The lowest BCUT2D eigenvalue weighted by atomic mass is 10.1. The van der Waals surface area contributed by atoms with E-state index < -0.39 is 0 Å². The van der Waals surface area contributed by atoms with E-state index in [1.807, 2.05) is 11.3 Å². The van der Waals surface area contributed by atoms with Crippen LogP contribution in [0.25, 0.3) is 10.1 Å². The summed E-state index contributed by atoms with van der Waals surface area (Å²) in [7, 11) is 2.08. The number of thiophene rings is 1. The predicted octanol–water partition coefficient (Wildman–Crippen LogP) is 4.56. The fourth-order valence-electron chi connectivity index (χ4n) is 2.10. The highest BCUT2D eigenvalue weighted by molar-refractivity contribution is 7.99. The van der Waals surface area contributed by atoms with Gasteiger partial charge in [-0.15, -0.1) is 11.3 Å². The number of fused-ring (bicyclic) bond motifs is 1. The van der Waals surface area contributed by atoms with E-state index in [0.717, 1.165) is 11.7 Å². The number of likely N-dealkylation sites (N-methyl/N-ethyl adjacent to an activating group) is 1. The third kappa shape index (κ3) is 3.98. The van der Waals surface area contributed by atoms with E-state index in [2.05, 4.69) is 67.6 Å². The molecule has 1 aromatic heterocycles. The summed E-state index contributed by atoms with van der Waals surface area (Å²) >= 11 is 3.94. The summed E-state index contributed by atoms with van der Waals surface area (Å²) in [6, 6.07) is 9.29. The molecule has 0 spiro atoms. The minimum absolute atomic E-state index is 0.567. The fraction of sp³-hybridized carbons (Fsp3) is 0.500. The van der Waals surface area contributed by atoms with Gasteiger partial charge in [0, 0.05) is 21.7 Å². The lowest BCUT2D eigenvalue weighted by Crippen LogP contribution is -2.30. The van der Waals surface area contributed by atoms with E-state index in [1.54, 1.807) is 0 Å². The van der Waals surface area contributed by atoms with Crippen molar-refractivity contribution in [2.45, 2.75) is 38.0 Å². The van der Waals surface area contributed by atoms with Crippen molar-refractivity contribution < 1.29 is 0 Å². The monoisotopic (exact) mass is 293 g/mol. The summed E-state index contributed by atoms with van der Waals surface area (Å²) in [5.41, 5.74) is 1.49. The second-order valence-electron chi connectivity index (χ2n) is 5.00. The molecule has 2 rings (SSSR count). The van der Waals surface area contributed by atoms with Gasteiger partial charge in [0.05, 0.1) is 0 Å². The van der Waals surface area contributed by atoms with E-state index in [1.165, 1.54) is 27.8 Å². The maximum Gasteiger partial charge on any atom is 0.0345 e. The molecule has 0 saturated carbocycles. The zero-order valence-corrected chi connectivity index (χ0v) is 13.6. The van der Waals surface area contributed by atoms with Gasteiger partial charge in [0.25, 0.3) is 0 Å². The number of nitrogens with one attached hydrogen (secondary N) is 1. The van der Waals surface area contributed by atoms with Crippen LogP contribution in [0.5, 0.6) is 0 Å². The predicted molar refractivity (Wildman–Crippen MR) is 90.6 cm³/mol. The van der Waals surface area contributed by atoms with Gasteiger partial charge < -0.3 is 5.32 Å². The molecule has 0 aliphatic carbocycles. The first-order valence-corrected chi connectivity index (χ1v) is 8.91. The van der Waals surface area contributed by atoms with E-state index in [-0.39, 0.29) is 0 Å². The molecule has 1 heterocycles. The number of rotatable bonds is 7. The molecule has 1 aromatic carbocycles. The van der Waals surface area contributed by atoms with Gasteiger partial charge >= 0.3 is 0 Å². The molecule has 3 heteroatoms. The SMILES string of the molecule is CCC(C)SCC(Cc1csc2ccccc12)NC. The van der Waals surface area contributed by atoms with Crippen molar-refractivity contribution in [1.82, 2.24) is 5.32 Å². The van der Waals surface area contributed by atoms with Gasteiger partial charge in [-0.2, -0.15) is 11.8 Å². The summed E-state index contributed by atoms with van der Waals surface area (Å²) in [4.78, 5) is 0. The molecular weight excluding hydrogens is 270 g/mol. The van der Waals surface area contributed by atoms with Crippen LogP contribution >= 0.6 is 23.1 Å². The van der Waals surface area contributed by atoms with E-state index >= 15 is 0 Å². The quantitative estimate of drug-likeness (QED) is 0.803. The Bertz CT molecular complexity index is 506. The second-order valence-corrected chi connectivity index (χ2v) is 7.38. The lowest BCUT2D eigenvalue weighted by molar-refractivity contribution is 0.618. The maximum atomic E-state index is 3.47. The average molecular weight is 294 g/mol. The maximum absolute atomic E-state index is 3.47. The van der Waals surface area contributed by atoms with Crippen molar-refractivity contribution in [2.75, 3.05) is 12.8 Å². The minimum Gasteiger partial charge on any atom is -0.316 e. The van der Waals surface area contributed by atoms with Gasteiger partial charge in [-0.25, -0.2) is 0 Å². The topological polar surface area (TPSA) is 12.0 Å². The largest absolute Gasteiger partial charge is 0.316 e. The van der Waals surface area contributed by atoms with Crippen molar-refractivity contribution in [1.29, 1.82) is 0 Å². The fourth-order valence-corrected chi connectivity index (χ4v) is 4.16. The van der Waals surface area contributed by atoms with Crippen LogP contribution in [0.4, 0.5) is 0 Å². The Morgan fingerprint density at radius 2 is 2.11 bits per heavy atom. The lowest BCUT2D eigenvalue weighted by Gasteiger charge is -2.17. The highest BCUT2D eigenvalue weighted by atomic mass is 32.2. The number of benzene rings is 1. The Balaban J connectivity index is 2.01. The highest BCUT2D eigenvalue weighted by Crippen LogP contribution is 2.27. The average Bonchev–Trinajstić information content (AvgIpc) is 2.86. The molecule has 1 N–H and O–H groups in total. The Hall–Kier alpha value is -0.510. The van der Waals surface area contributed by atoms with Gasteiger partial charge in [-0.3, -0.25) is 0 Å². The molecule has 19 heavy (non-hydrogen) atoms.